The maximum Gasteiger partial charge on any atom is 0.339 e. The number of hydrogen-bond acceptors (Lipinski definition) is 5. The standard InChI is InChI=1S/C24H32N2O3/c1-14-20-15(9-19-17-7-6-8-18(17)22(27)29-21(14)19)12-26(13-28-20)16-10-23(2,3)25-24(4,5)11-16/h9,16,25H,6-8,10-13H2,1-5H3. The van der Waals surface area contributed by atoms with Gasteiger partial charge in [0.25, 0.3) is 0 Å². The van der Waals surface area contributed by atoms with Crippen LogP contribution in [-0.4, -0.2) is 28.8 Å². The molecular formula is C24H32N2O3. The van der Waals surface area contributed by atoms with E-state index in [4.69, 9.17) is 9.15 Å². The van der Waals surface area contributed by atoms with Gasteiger partial charge in [-0.15, -0.1) is 0 Å². The van der Waals surface area contributed by atoms with Gasteiger partial charge >= 0.3 is 5.63 Å². The number of aryl methyl sites for hydroxylation is 2. The number of hydrogen-bond donors (Lipinski definition) is 1. The highest BCUT2D eigenvalue weighted by Crippen LogP contribution is 2.40. The van der Waals surface area contributed by atoms with Crippen LogP contribution in [0.3, 0.4) is 0 Å². The van der Waals surface area contributed by atoms with E-state index in [1.54, 1.807) is 0 Å². The summed E-state index contributed by atoms with van der Waals surface area (Å²) in [5.74, 6) is 0.905. The molecule has 2 aromatic rings. The molecule has 0 radical (unpaired) electrons. The molecule has 0 spiro atoms. The first-order valence-corrected chi connectivity index (χ1v) is 10.9. The monoisotopic (exact) mass is 396 g/mol. The molecule has 0 saturated carbocycles. The molecule has 2 aliphatic heterocycles. The Balaban J connectivity index is 1.54. The molecule has 1 aromatic carbocycles. The fourth-order valence-electron chi connectivity index (χ4n) is 6.12. The van der Waals surface area contributed by atoms with E-state index in [1.807, 2.05) is 6.92 Å². The first-order chi connectivity index (χ1) is 13.6. The van der Waals surface area contributed by atoms with Crippen LogP contribution in [0.15, 0.2) is 15.3 Å². The maximum absolute atomic E-state index is 12.4. The van der Waals surface area contributed by atoms with Crippen molar-refractivity contribution in [2.75, 3.05) is 6.73 Å². The van der Waals surface area contributed by atoms with E-state index < -0.39 is 0 Å². The highest BCUT2D eigenvalue weighted by atomic mass is 16.5. The molecule has 1 aliphatic carbocycles. The van der Waals surface area contributed by atoms with Crippen LogP contribution >= 0.6 is 0 Å². The second-order valence-corrected chi connectivity index (χ2v) is 10.5. The molecule has 1 fully saturated rings. The minimum absolute atomic E-state index is 0.107. The summed E-state index contributed by atoms with van der Waals surface area (Å²) in [5, 5.41) is 4.89. The summed E-state index contributed by atoms with van der Waals surface area (Å²) in [6, 6.07) is 2.71. The summed E-state index contributed by atoms with van der Waals surface area (Å²) in [5.41, 5.74) is 5.03. The molecule has 5 nitrogen and oxygen atoms in total. The molecule has 5 heteroatoms. The lowest BCUT2D eigenvalue weighted by Crippen LogP contribution is -2.62. The highest BCUT2D eigenvalue weighted by molar-refractivity contribution is 5.87. The Morgan fingerprint density at radius 3 is 2.52 bits per heavy atom. The molecule has 3 aliphatic rings. The predicted molar refractivity (Wildman–Crippen MR) is 115 cm³/mol. The second-order valence-electron chi connectivity index (χ2n) is 10.5. The minimum atomic E-state index is -0.162. The summed E-state index contributed by atoms with van der Waals surface area (Å²) in [6.07, 6.45) is 5.05. The Hall–Kier alpha value is -1.85. The van der Waals surface area contributed by atoms with Crippen LogP contribution < -0.4 is 15.7 Å². The highest BCUT2D eigenvalue weighted by Gasteiger charge is 2.41. The van der Waals surface area contributed by atoms with Crippen molar-refractivity contribution < 1.29 is 9.15 Å². The molecule has 0 atom stereocenters. The lowest BCUT2D eigenvalue weighted by Gasteiger charge is -2.50. The lowest BCUT2D eigenvalue weighted by atomic mass is 9.79. The number of piperidine rings is 1. The van der Waals surface area contributed by atoms with Crippen molar-refractivity contribution in [2.45, 2.75) is 90.4 Å². The maximum atomic E-state index is 12.4. The first kappa shape index (κ1) is 19.1. The van der Waals surface area contributed by atoms with Gasteiger partial charge in [-0.2, -0.15) is 0 Å². The number of rotatable bonds is 1. The third-order valence-electron chi connectivity index (χ3n) is 6.95. The third kappa shape index (κ3) is 3.19. The Morgan fingerprint density at radius 2 is 1.79 bits per heavy atom. The fourth-order valence-corrected chi connectivity index (χ4v) is 6.12. The minimum Gasteiger partial charge on any atom is -0.477 e. The molecule has 0 bridgehead atoms. The van der Waals surface area contributed by atoms with Gasteiger partial charge in [0.1, 0.15) is 18.1 Å². The van der Waals surface area contributed by atoms with Crippen LogP contribution in [0, 0.1) is 6.92 Å². The third-order valence-corrected chi connectivity index (χ3v) is 6.95. The van der Waals surface area contributed by atoms with Crippen molar-refractivity contribution in [3.63, 3.8) is 0 Å². The first-order valence-electron chi connectivity index (χ1n) is 10.9. The van der Waals surface area contributed by atoms with Gasteiger partial charge in [-0.3, -0.25) is 4.90 Å². The van der Waals surface area contributed by atoms with Crippen molar-refractivity contribution in [1.82, 2.24) is 10.2 Å². The van der Waals surface area contributed by atoms with Crippen LogP contribution in [0.5, 0.6) is 5.75 Å². The Labute approximate surface area is 172 Å². The number of benzene rings is 1. The zero-order chi connectivity index (χ0) is 20.6. The van der Waals surface area contributed by atoms with E-state index in [-0.39, 0.29) is 16.7 Å². The average Bonchev–Trinajstić information content (AvgIpc) is 3.11. The van der Waals surface area contributed by atoms with Gasteiger partial charge in [0, 0.05) is 45.7 Å². The summed E-state index contributed by atoms with van der Waals surface area (Å²) in [4.78, 5) is 14.9. The fraction of sp³-hybridized carbons (Fsp3) is 0.625. The molecule has 156 valence electrons. The van der Waals surface area contributed by atoms with Gasteiger partial charge in [0.2, 0.25) is 0 Å². The normalized spacial score (nSPS) is 23.6. The van der Waals surface area contributed by atoms with Crippen LogP contribution in [0.4, 0.5) is 0 Å². The van der Waals surface area contributed by atoms with Crippen LogP contribution in [0.1, 0.15) is 69.2 Å². The molecule has 29 heavy (non-hydrogen) atoms. The van der Waals surface area contributed by atoms with Crippen LogP contribution in [0.2, 0.25) is 0 Å². The van der Waals surface area contributed by atoms with E-state index in [9.17, 15) is 4.79 Å². The summed E-state index contributed by atoms with van der Waals surface area (Å²) in [7, 11) is 0. The number of nitrogens with one attached hydrogen (secondary N) is 1. The number of ether oxygens (including phenoxy) is 1. The van der Waals surface area contributed by atoms with E-state index in [2.05, 4.69) is 44.0 Å². The van der Waals surface area contributed by atoms with Crippen molar-refractivity contribution in [1.29, 1.82) is 0 Å². The molecule has 5 rings (SSSR count). The summed E-state index contributed by atoms with van der Waals surface area (Å²) in [6.45, 7) is 12.7. The van der Waals surface area contributed by atoms with Gasteiger partial charge in [0.05, 0.1) is 0 Å². The molecule has 3 heterocycles. The van der Waals surface area contributed by atoms with E-state index >= 15 is 0 Å². The average molecular weight is 397 g/mol. The van der Waals surface area contributed by atoms with E-state index in [0.717, 1.165) is 60.9 Å². The van der Waals surface area contributed by atoms with Gasteiger partial charge in [-0.1, -0.05) is 0 Å². The summed E-state index contributed by atoms with van der Waals surface area (Å²) < 4.78 is 12.0. The van der Waals surface area contributed by atoms with Gasteiger partial charge in [0.15, 0.2) is 0 Å². The molecule has 1 aromatic heterocycles. The smallest absolute Gasteiger partial charge is 0.339 e. The largest absolute Gasteiger partial charge is 0.477 e. The molecule has 1 N–H and O–H groups in total. The molecule has 1 saturated heterocycles. The number of nitrogens with zero attached hydrogens (tertiary/aromatic N) is 1. The predicted octanol–water partition coefficient (Wildman–Crippen LogP) is 4.05. The van der Waals surface area contributed by atoms with Crippen molar-refractivity contribution in [3.05, 3.63) is 38.7 Å². The zero-order valence-corrected chi connectivity index (χ0v) is 18.3. The Bertz CT molecular complexity index is 1030. The molecule has 0 unspecified atom stereocenters. The van der Waals surface area contributed by atoms with Gasteiger partial charge in [-0.05, 0) is 78.4 Å². The van der Waals surface area contributed by atoms with E-state index in [0.29, 0.717) is 18.4 Å². The second kappa shape index (κ2) is 6.32. The topological polar surface area (TPSA) is 54.7 Å². The zero-order valence-electron chi connectivity index (χ0n) is 18.3. The molecule has 0 amide bonds. The van der Waals surface area contributed by atoms with Gasteiger partial charge in [-0.25, -0.2) is 4.79 Å². The Kier molecular flexibility index (Phi) is 4.17. The van der Waals surface area contributed by atoms with Gasteiger partial charge < -0.3 is 14.5 Å². The van der Waals surface area contributed by atoms with Crippen LogP contribution in [-0.2, 0) is 19.4 Å². The number of fused-ring (bicyclic) bond motifs is 4. The molecular weight excluding hydrogens is 364 g/mol. The summed E-state index contributed by atoms with van der Waals surface area (Å²) >= 11 is 0. The van der Waals surface area contributed by atoms with Crippen molar-refractivity contribution >= 4 is 11.0 Å². The quantitative estimate of drug-likeness (QED) is 0.737. The van der Waals surface area contributed by atoms with Crippen LogP contribution in [0.25, 0.3) is 11.0 Å². The van der Waals surface area contributed by atoms with E-state index in [1.165, 1.54) is 11.1 Å². The SMILES string of the molecule is Cc1c2c(cc3c4c(c(=O)oc13)CCC4)CN(C1CC(C)(C)NC(C)(C)C1)CO2. The lowest BCUT2D eigenvalue weighted by molar-refractivity contribution is 0.00272. The Morgan fingerprint density at radius 1 is 1.10 bits per heavy atom. The van der Waals surface area contributed by atoms with Crippen molar-refractivity contribution in [2.24, 2.45) is 0 Å². The van der Waals surface area contributed by atoms with Crippen molar-refractivity contribution in [3.8, 4) is 5.75 Å².